The maximum Gasteiger partial charge on any atom is 0.372 e. The molecule has 32 heavy (non-hydrogen) atoms. The molecule has 0 aliphatic rings. The van der Waals surface area contributed by atoms with E-state index < -0.39 is 18.0 Å². The number of nitrogens with two attached hydrogens (primary N) is 3. The Morgan fingerprint density at radius 2 is 1.47 bits per heavy atom. The number of rotatable bonds is 19. The second-order valence-electron chi connectivity index (χ2n) is 7.89. The highest BCUT2D eigenvalue weighted by Crippen LogP contribution is 2.09. The van der Waals surface area contributed by atoms with E-state index in [1.54, 1.807) is 0 Å². The molecule has 0 saturated heterocycles. The van der Waals surface area contributed by atoms with Gasteiger partial charge >= 0.3 is 11.9 Å². The molecule has 0 aromatic heterocycles. The van der Waals surface area contributed by atoms with E-state index in [9.17, 15) is 9.59 Å². The molecule has 0 bridgehead atoms. The van der Waals surface area contributed by atoms with Gasteiger partial charge in [0.15, 0.2) is 5.96 Å². The van der Waals surface area contributed by atoms with Gasteiger partial charge in [-0.1, -0.05) is 63.3 Å². The van der Waals surface area contributed by atoms with Gasteiger partial charge in [0, 0.05) is 6.54 Å². The van der Waals surface area contributed by atoms with Crippen molar-refractivity contribution in [3.8, 4) is 0 Å². The van der Waals surface area contributed by atoms with Gasteiger partial charge in [-0.2, -0.15) is 0 Å². The molecule has 0 aromatic carbocycles. The predicted molar refractivity (Wildman–Crippen MR) is 129 cm³/mol. The van der Waals surface area contributed by atoms with Gasteiger partial charge in [-0.05, 0) is 51.4 Å². The first-order chi connectivity index (χ1) is 15.5. The van der Waals surface area contributed by atoms with Crippen molar-refractivity contribution in [1.29, 1.82) is 0 Å². The summed E-state index contributed by atoms with van der Waals surface area (Å²) >= 11 is 0. The molecule has 1 unspecified atom stereocenters. The second kappa shape index (κ2) is 21.9. The molecule has 0 spiro atoms. The standard InChI is InChI=1S/C24H44N4O4/c1-2-3-4-5-6-7-8-9-10-11-12-13-14-15-16-19-22(29)31-32-23(30)21(25)18-17-20-28-24(26)27/h6-7,9-10,21H,2-5,8,11-20,25H2,1H3,(H4,26,27,28)/b7-6-,10-9-. The number of nitrogens with zero attached hydrogens (tertiary/aromatic N) is 1. The molecule has 8 heteroatoms. The maximum atomic E-state index is 11.7. The Morgan fingerprint density at radius 1 is 0.844 bits per heavy atom. The summed E-state index contributed by atoms with van der Waals surface area (Å²) in [7, 11) is 0. The van der Waals surface area contributed by atoms with E-state index in [-0.39, 0.29) is 12.4 Å². The van der Waals surface area contributed by atoms with E-state index in [0.717, 1.165) is 38.5 Å². The van der Waals surface area contributed by atoms with Crippen LogP contribution in [0.3, 0.4) is 0 Å². The minimum absolute atomic E-state index is 0.0108. The summed E-state index contributed by atoms with van der Waals surface area (Å²) in [4.78, 5) is 36.1. The minimum Gasteiger partial charge on any atom is -0.370 e. The zero-order valence-corrected chi connectivity index (χ0v) is 19.8. The van der Waals surface area contributed by atoms with Crippen molar-refractivity contribution in [2.24, 2.45) is 22.2 Å². The lowest BCUT2D eigenvalue weighted by Gasteiger charge is -2.09. The minimum atomic E-state index is -0.882. The van der Waals surface area contributed by atoms with Gasteiger partial charge in [0.25, 0.3) is 0 Å². The lowest BCUT2D eigenvalue weighted by atomic mass is 10.1. The van der Waals surface area contributed by atoms with Crippen LogP contribution >= 0.6 is 0 Å². The maximum absolute atomic E-state index is 11.7. The summed E-state index contributed by atoms with van der Waals surface area (Å²) in [6.07, 6.45) is 22.2. The van der Waals surface area contributed by atoms with Crippen LogP contribution in [0.25, 0.3) is 0 Å². The highest BCUT2D eigenvalue weighted by atomic mass is 17.2. The van der Waals surface area contributed by atoms with Crippen LogP contribution in [0.2, 0.25) is 0 Å². The summed E-state index contributed by atoms with van der Waals surface area (Å²) < 4.78 is 0. The van der Waals surface area contributed by atoms with Crippen LogP contribution in [0.1, 0.15) is 96.8 Å². The van der Waals surface area contributed by atoms with Gasteiger partial charge in [0.1, 0.15) is 6.04 Å². The van der Waals surface area contributed by atoms with E-state index in [0.29, 0.717) is 25.8 Å². The largest absolute Gasteiger partial charge is 0.372 e. The first kappa shape index (κ1) is 29.7. The number of carbonyl (C=O) groups excluding carboxylic acids is 2. The van der Waals surface area contributed by atoms with E-state index in [1.165, 1.54) is 25.7 Å². The molecular formula is C24H44N4O4. The SMILES string of the molecule is CCCCC/C=C\C/C=C\CCCCCCCC(=O)OOC(=O)C(N)CCCN=C(N)N. The van der Waals surface area contributed by atoms with Gasteiger partial charge < -0.3 is 17.2 Å². The molecule has 0 aromatic rings. The molecular weight excluding hydrogens is 408 g/mol. The number of carbonyl (C=O) groups is 2. The summed E-state index contributed by atoms with van der Waals surface area (Å²) in [5.41, 5.74) is 16.1. The number of unbranched alkanes of at least 4 members (excludes halogenated alkanes) is 8. The fraction of sp³-hybridized carbons (Fsp3) is 0.708. The van der Waals surface area contributed by atoms with E-state index in [2.05, 4.69) is 46.0 Å². The van der Waals surface area contributed by atoms with Crippen LogP contribution in [0.5, 0.6) is 0 Å². The molecule has 184 valence electrons. The first-order valence-electron chi connectivity index (χ1n) is 12.0. The number of allylic oxidation sites excluding steroid dienone is 4. The van der Waals surface area contributed by atoms with Gasteiger partial charge in [-0.3, -0.25) is 4.99 Å². The van der Waals surface area contributed by atoms with Crippen molar-refractivity contribution in [2.45, 2.75) is 103 Å². The van der Waals surface area contributed by atoms with E-state index in [4.69, 9.17) is 17.2 Å². The smallest absolute Gasteiger partial charge is 0.370 e. The Balaban J connectivity index is 3.55. The van der Waals surface area contributed by atoms with Gasteiger partial charge in [-0.15, -0.1) is 0 Å². The van der Waals surface area contributed by atoms with Crippen molar-refractivity contribution in [3.05, 3.63) is 24.3 Å². The van der Waals surface area contributed by atoms with Crippen molar-refractivity contribution >= 4 is 17.9 Å². The van der Waals surface area contributed by atoms with Crippen LogP contribution in [-0.2, 0) is 19.4 Å². The van der Waals surface area contributed by atoms with Crippen LogP contribution in [0.4, 0.5) is 0 Å². The third-order valence-electron chi connectivity index (χ3n) is 4.82. The highest BCUT2D eigenvalue weighted by molar-refractivity contribution is 5.77. The summed E-state index contributed by atoms with van der Waals surface area (Å²) in [5, 5.41) is 0. The Morgan fingerprint density at radius 3 is 2.12 bits per heavy atom. The summed E-state index contributed by atoms with van der Waals surface area (Å²) in [6, 6.07) is -0.882. The summed E-state index contributed by atoms with van der Waals surface area (Å²) in [5.74, 6) is -1.34. The number of hydrogen-bond acceptors (Lipinski definition) is 6. The van der Waals surface area contributed by atoms with Gasteiger partial charge in [0.2, 0.25) is 0 Å². The number of hydrogen-bond donors (Lipinski definition) is 3. The van der Waals surface area contributed by atoms with Gasteiger partial charge in [0.05, 0.1) is 6.42 Å². The third-order valence-corrected chi connectivity index (χ3v) is 4.82. The molecule has 0 saturated carbocycles. The Bertz CT molecular complexity index is 572. The second-order valence-corrected chi connectivity index (χ2v) is 7.89. The van der Waals surface area contributed by atoms with E-state index in [1.807, 2.05) is 0 Å². The average Bonchev–Trinajstić information content (AvgIpc) is 2.77. The normalized spacial score (nSPS) is 12.2. The van der Waals surface area contributed by atoms with Crippen molar-refractivity contribution in [2.75, 3.05) is 6.54 Å². The third kappa shape index (κ3) is 20.9. The van der Waals surface area contributed by atoms with Crippen molar-refractivity contribution in [1.82, 2.24) is 0 Å². The molecule has 0 amide bonds. The summed E-state index contributed by atoms with van der Waals surface area (Å²) in [6.45, 7) is 2.59. The number of aliphatic imine (C=N–C) groups is 1. The molecule has 0 fully saturated rings. The Hall–Kier alpha value is -2.35. The molecule has 1 atom stereocenters. The monoisotopic (exact) mass is 452 g/mol. The molecule has 6 N–H and O–H groups in total. The lowest BCUT2D eigenvalue weighted by molar-refractivity contribution is -0.260. The fourth-order valence-corrected chi connectivity index (χ4v) is 2.91. The number of guanidine groups is 1. The zero-order chi connectivity index (χ0) is 23.9. The van der Waals surface area contributed by atoms with E-state index >= 15 is 0 Å². The molecule has 0 heterocycles. The topological polar surface area (TPSA) is 143 Å². The predicted octanol–water partition coefficient (Wildman–Crippen LogP) is 4.18. The van der Waals surface area contributed by atoms with Crippen LogP contribution in [-0.4, -0.2) is 30.5 Å². The molecule has 0 radical (unpaired) electrons. The molecule has 0 aliphatic heterocycles. The Labute approximate surface area is 193 Å². The van der Waals surface area contributed by atoms with Crippen LogP contribution in [0.15, 0.2) is 29.3 Å². The lowest BCUT2D eigenvalue weighted by Crippen LogP contribution is -2.33. The highest BCUT2D eigenvalue weighted by Gasteiger charge is 2.18. The van der Waals surface area contributed by atoms with Gasteiger partial charge in [-0.25, -0.2) is 19.4 Å². The van der Waals surface area contributed by atoms with Crippen molar-refractivity contribution < 1.29 is 19.4 Å². The van der Waals surface area contributed by atoms with Crippen molar-refractivity contribution in [3.63, 3.8) is 0 Å². The fourth-order valence-electron chi connectivity index (χ4n) is 2.91. The van der Waals surface area contributed by atoms with Crippen LogP contribution in [0, 0.1) is 0 Å². The molecule has 0 rings (SSSR count). The Kier molecular flexibility index (Phi) is 20.3. The molecule has 0 aliphatic carbocycles. The average molecular weight is 453 g/mol. The van der Waals surface area contributed by atoms with Crippen LogP contribution < -0.4 is 17.2 Å². The zero-order valence-electron chi connectivity index (χ0n) is 19.8. The quantitative estimate of drug-likeness (QED) is 0.0666. The molecule has 8 nitrogen and oxygen atoms in total. The first-order valence-corrected chi connectivity index (χ1v) is 12.0.